The lowest BCUT2D eigenvalue weighted by atomic mass is 10.1. The lowest BCUT2D eigenvalue weighted by molar-refractivity contribution is -0.463. The van der Waals surface area contributed by atoms with E-state index in [0.29, 0.717) is 0 Å². The van der Waals surface area contributed by atoms with Crippen LogP contribution in [0.3, 0.4) is 0 Å². The molecular formula is C13H15N2O+. The van der Waals surface area contributed by atoms with Gasteiger partial charge in [-0.25, -0.2) is 4.99 Å². The molecule has 0 unspecified atom stereocenters. The summed E-state index contributed by atoms with van der Waals surface area (Å²) in [6.45, 7) is 2.09. The van der Waals surface area contributed by atoms with E-state index in [4.69, 9.17) is 4.42 Å². The van der Waals surface area contributed by atoms with Crippen molar-refractivity contribution in [3.8, 4) is 0 Å². The molecule has 1 aliphatic rings. The first-order valence-corrected chi connectivity index (χ1v) is 5.71. The number of nitrogens with zero attached hydrogens (tertiary/aromatic N) is 1. The minimum absolute atomic E-state index is 0.959. The molecule has 2 aromatic rings. The predicted octanol–water partition coefficient (Wildman–Crippen LogP) is 0.597. The van der Waals surface area contributed by atoms with Crippen molar-refractivity contribution in [3.05, 3.63) is 48.2 Å². The zero-order valence-electron chi connectivity index (χ0n) is 9.15. The van der Waals surface area contributed by atoms with E-state index in [1.165, 1.54) is 11.4 Å². The van der Waals surface area contributed by atoms with Crippen LogP contribution in [0.4, 0.5) is 0 Å². The Bertz CT molecular complexity index is 494. The van der Waals surface area contributed by atoms with Crippen LogP contribution >= 0.6 is 0 Å². The molecule has 0 saturated carbocycles. The van der Waals surface area contributed by atoms with Gasteiger partial charge in [-0.05, 0) is 24.3 Å². The van der Waals surface area contributed by atoms with Crippen molar-refractivity contribution in [3.63, 3.8) is 0 Å². The molecule has 1 N–H and O–H groups in total. The van der Waals surface area contributed by atoms with Crippen molar-refractivity contribution in [1.29, 1.82) is 0 Å². The minimum Gasteiger partial charge on any atom is -0.469 e. The van der Waals surface area contributed by atoms with Crippen LogP contribution in [0, 0.1) is 0 Å². The van der Waals surface area contributed by atoms with Crippen molar-refractivity contribution < 1.29 is 9.41 Å². The zero-order valence-corrected chi connectivity index (χ0v) is 9.15. The third-order valence-corrected chi connectivity index (χ3v) is 3.03. The third kappa shape index (κ3) is 1.69. The number of aromatic nitrogens is 1. The number of nitrogens with one attached hydrogen (secondary N) is 1. The summed E-state index contributed by atoms with van der Waals surface area (Å²) < 4.78 is 7.65. The Morgan fingerprint density at radius 1 is 1.25 bits per heavy atom. The van der Waals surface area contributed by atoms with Gasteiger partial charge in [0.25, 0.3) is 0 Å². The standard InChI is InChI=1S/C13H14N2O/c1-4-13-12(14-7-9-15(13)8-1)6-5-11-3-2-10-16-11/h1-4,8,10H,5-7,9H2/p+1. The van der Waals surface area contributed by atoms with Crippen molar-refractivity contribution in [2.75, 3.05) is 6.54 Å². The second-order valence-corrected chi connectivity index (χ2v) is 4.07. The van der Waals surface area contributed by atoms with E-state index in [1.807, 2.05) is 12.1 Å². The van der Waals surface area contributed by atoms with Gasteiger partial charge in [0.1, 0.15) is 11.5 Å². The first-order chi connectivity index (χ1) is 7.93. The molecule has 0 bridgehead atoms. The Hall–Kier alpha value is -1.77. The van der Waals surface area contributed by atoms with Gasteiger partial charge in [0, 0.05) is 19.0 Å². The molecule has 0 atom stereocenters. The molecule has 1 aliphatic heterocycles. The van der Waals surface area contributed by atoms with Gasteiger partial charge >= 0.3 is 0 Å². The average Bonchev–Trinajstić information content (AvgIpc) is 2.97. The Morgan fingerprint density at radius 2 is 2.25 bits per heavy atom. The molecule has 2 aromatic heterocycles. The molecule has 3 nitrogen and oxygen atoms in total. The fourth-order valence-corrected chi connectivity index (χ4v) is 2.22. The van der Waals surface area contributed by atoms with E-state index in [2.05, 4.69) is 27.9 Å². The molecule has 82 valence electrons. The van der Waals surface area contributed by atoms with E-state index >= 15 is 0 Å². The van der Waals surface area contributed by atoms with E-state index in [0.717, 1.165) is 31.7 Å². The van der Waals surface area contributed by atoms with Crippen molar-refractivity contribution in [1.82, 2.24) is 4.57 Å². The summed E-state index contributed by atoms with van der Waals surface area (Å²) in [5, 5.41) is 0. The molecule has 0 aromatic carbocycles. The number of furan rings is 1. The van der Waals surface area contributed by atoms with Gasteiger partial charge in [-0.3, -0.25) is 0 Å². The highest BCUT2D eigenvalue weighted by Crippen LogP contribution is 2.09. The molecule has 0 fully saturated rings. The Labute approximate surface area is 94.4 Å². The summed E-state index contributed by atoms with van der Waals surface area (Å²) in [5.41, 5.74) is 2.64. The summed E-state index contributed by atoms with van der Waals surface area (Å²) in [6.07, 6.45) is 5.85. The maximum atomic E-state index is 5.35. The predicted molar refractivity (Wildman–Crippen MR) is 61.4 cm³/mol. The molecule has 0 amide bonds. The summed E-state index contributed by atoms with van der Waals surface area (Å²) in [6, 6.07) is 8.25. The second-order valence-electron chi connectivity index (χ2n) is 4.07. The van der Waals surface area contributed by atoms with Crippen LogP contribution in [0.15, 0.2) is 41.1 Å². The van der Waals surface area contributed by atoms with Crippen molar-refractivity contribution in [2.24, 2.45) is 0 Å². The maximum Gasteiger partial charge on any atom is 0.198 e. The average molecular weight is 215 g/mol. The Balaban J connectivity index is 1.74. The van der Waals surface area contributed by atoms with Gasteiger partial charge in [0.05, 0.1) is 12.8 Å². The molecule has 3 heteroatoms. The van der Waals surface area contributed by atoms with Gasteiger partial charge in [0.15, 0.2) is 12.3 Å². The molecule has 0 radical (unpaired) electrons. The molecule has 0 aliphatic carbocycles. The van der Waals surface area contributed by atoms with Gasteiger partial charge in [0.2, 0.25) is 0 Å². The smallest absolute Gasteiger partial charge is 0.198 e. The summed E-state index contributed by atoms with van der Waals surface area (Å²) in [7, 11) is 0. The van der Waals surface area contributed by atoms with Gasteiger partial charge in [-0.2, -0.15) is 0 Å². The van der Waals surface area contributed by atoms with Crippen molar-refractivity contribution in [2.45, 2.75) is 19.4 Å². The van der Waals surface area contributed by atoms with Crippen LogP contribution in [0.25, 0.3) is 0 Å². The number of hydrogen-bond acceptors (Lipinski definition) is 1. The largest absolute Gasteiger partial charge is 0.469 e. The summed E-state index contributed by atoms with van der Waals surface area (Å²) in [5.74, 6) is 1.05. The SMILES string of the molecule is c1coc(CCC2=[NH+]CCn3cccc32)c1. The zero-order chi connectivity index (χ0) is 10.8. The molecule has 16 heavy (non-hydrogen) atoms. The van der Waals surface area contributed by atoms with E-state index < -0.39 is 0 Å². The van der Waals surface area contributed by atoms with Gasteiger partial charge in [-0.15, -0.1) is 0 Å². The lowest BCUT2D eigenvalue weighted by Crippen LogP contribution is -2.76. The molecule has 0 saturated heterocycles. The van der Waals surface area contributed by atoms with Crippen LogP contribution in [-0.2, 0) is 13.0 Å². The fourth-order valence-electron chi connectivity index (χ4n) is 2.22. The summed E-state index contributed by atoms with van der Waals surface area (Å²) in [4.78, 5) is 3.48. The van der Waals surface area contributed by atoms with Crippen LogP contribution in [0.2, 0.25) is 0 Å². The highest BCUT2D eigenvalue weighted by atomic mass is 16.3. The maximum absolute atomic E-state index is 5.35. The van der Waals surface area contributed by atoms with Crippen LogP contribution < -0.4 is 4.99 Å². The number of aryl methyl sites for hydroxylation is 1. The van der Waals surface area contributed by atoms with Crippen molar-refractivity contribution >= 4 is 5.71 Å². The van der Waals surface area contributed by atoms with Crippen LogP contribution in [0.5, 0.6) is 0 Å². The normalized spacial score (nSPS) is 14.6. The molecule has 3 rings (SSSR count). The molecule has 0 spiro atoms. The number of rotatable bonds is 3. The van der Waals surface area contributed by atoms with Crippen LogP contribution in [0.1, 0.15) is 17.9 Å². The first kappa shape index (κ1) is 9.46. The monoisotopic (exact) mass is 215 g/mol. The van der Waals surface area contributed by atoms with E-state index in [1.54, 1.807) is 6.26 Å². The third-order valence-electron chi connectivity index (χ3n) is 3.03. The quantitative estimate of drug-likeness (QED) is 0.798. The van der Waals surface area contributed by atoms with E-state index in [-0.39, 0.29) is 0 Å². The topological polar surface area (TPSA) is 32.0 Å². The fraction of sp³-hybridized carbons (Fsp3) is 0.308. The van der Waals surface area contributed by atoms with E-state index in [9.17, 15) is 0 Å². The second kappa shape index (κ2) is 4.00. The van der Waals surface area contributed by atoms with Gasteiger partial charge in [-0.1, -0.05) is 0 Å². The lowest BCUT2D eigenvalue weighted by Gasteiger charge is -2.10. The highest BCUT2D eigenvalue weighted by molar-refractivity contribution is 5.95. The van der Waals surface area contributed by atoms with Gasteiger partial charge < -0.3 is 8.98 Å². The molecule has 3 heterocycles. The van der Waals surface area contributed by atoms with Crippen LogP contribution in [-0.4, -0.2) is 16.8 Å². The summed E-state index contributed by atoms with van der Waals surface area (Å²) >= 11 is 0. The first-order valence-electron chi connectivity index (χ1n) is 5.71. The number of fused-ring (bicyclic) bond motifs is 1. The number of hydrogen-bond donors (Lipinski definition) is 1. The Kier molecular flexibility index (Phi) is 2.37. The minimum atomic E-state index is 0.959. The molecular weight excluding hydrogens is 200 g/mol. The Morgan fingerprint density at radius 3 is 3.12 bits per heavy atom. The highest BCUT2D eigenvalue weighted by Gasteiger charge is 2.18.